The lowest BCUT2D eigenvalue weighted by molar-refractivity contribution is -0.870. The second-order valence-electron chi connectivity index (χ2n) is 4.94. The monoisotopic (exact) mass is 279 g/mol. The van der Waals surface area contributed by atoms with E-state index >= 15 is 0 Å². The van der Waals surface area contributed by atoms with Crippen molar-refractivity contribution in [1.82, 2.24) is 0 Å². The van der Waals surface area contributed by atoms with Crippen LogP contribution < -0.4 is 5.11 Å². The van der Waals surface area contributed by atoms with Gasteiger partial charge in [-0.2, -0.15) is 0 Å². The highest BCUT2D eigenvalue weighted by Gasteiger charge is 2.03. The molecule has 0 N–H and O–H groups in total. The van der Waals surface area contributed by atoms with E-state index in [-0.39, 0.29) is 13.0 Å². The number of hydrogen-bond donors (Lipinski definition) is 0. The summed E-state index contributed by atoms with van der Waals surface area (Å²) in [6.07, 6.45) is -0.0495. The molecule has 0 saturated carbocycles. The van der Waals surface area contributed by atoms with Gasteiger partial charge in [0.15, 0.2) is 0 Å². The Bertz CT molecular complexity index is 204. The Balaban J connectivity index is 0. The number of carboxylic acid groups (broad SMARTS) is 1. The Morgan fingerprint density at radius 3 is 2.00 bits per heavy atom. The molecule has 0 amide bonds. The van der Waals surface area contributed by atoms with Gasteiger partial charge in [-0.05, 0) is 6.92 Å². The molecule has 0 aliphatic heterocycles. The van der Waals surface area contributed by atoms with Gasteiger partial charge >= 0.3 is 0 Å². The minimum Gasteiger partial charge on any atom is -0.550 e. The van der Waals surface area contributed by atoms with Crippen LogP contribution in [0.15, 0.2) is 0 Å². The zero-order chi connectivity index (χ0) is 15.1. The van der Waals surface area contributed by atoms with Crippen LogP contribution in [0.4, 0.5) is 0 Å². The molecule has 6 nitrogen and oxygen atoms in total. The molecule has 0 unspecified atom stereocenters. The van der Waals surface area contributed by atoms with Crippen LogP contribution in [0.2, 0.25) is 0 Å². The van der Waals surface area contributed by atoms with E-state index in [1.54, 1.807) is 7.11 Å². The van der Waals surface area contributed by atoms with Gasteiger partial charge in [0.1, 0.15) is 6.54 Å². The Morgan fingerprint density at radius 1 is 1.05 bits per heavy atom. The van der Waals surface area contributed by atoms with E-state index in [0.29, 0.717) is 19.8 Å². The summed E-state index contributed by atoms with van der Waals surface area (Å²) in [4.78, 5) is 9.87. The van der Waals surface area contributed by atoms with Gasteiger partial charge in [0.05, 0.1) is 47.6 Å². The highest BCUT2D eigenvalue weighted by Crippen LogP contribution is 1.87. The maximum absolute atomic E-state index is 9.87. The van der Waals surface area contributed by atoms with Gasteiger partial charge in [-0.1, -0.05) is 0 Å². The van der Waals surface area contributed by atoms with E-state index in [9.17, 15) is 9.90 Å². The first-order valence-corrected chi connectivity index (χ1v) is 6.48. The topological polar surface area (TPSA) is 67.8 Å². The lowest BCUT2D eigenvalue weighted by atomic mass is 10.5. The SMILES string of the molecule is CCOCCOCCC(=O)[O-].COCC[N+](C)(C)C. The van der Waals surface area contributed by atoms with Crippen LogP contribution in [-0.4, -0.2) is 78.3 Å². The predicted molar refractivity (Wildman–Crippen MR) is 71.7 cm³/mol. The molecule has 0 heterocycles. The van der Waals surface area contributed by atoms with Gasteiger partial charge in [-0.3, -0.25) is 0 Å². The van der Waals surface area contributed by atoms with E-state index in [0.717, 1.165) is 17.6 Å². The first kappa shape index (κ1) is 20.6. The number of hydrogen-bond acceptors (Lipinski definition) is 5. The molecule has 0 aromatic heterocycles. The normalized spacial score (nSPS) is 10.8. The van der Waals surface area contributed by atoms with Gasteiger partial charge in [0, 0.05) is 26.1 Å². The minimum absolute atomic E-state index is 0.0495. The van der Waals surface area contributed by atoms with E-state index in [1.807, 2.05) is 6.92 Å². The summed E-state index contributed by atoms with van der Waals surface area (Å²) in [5, 5.41) is 9.87. The summed E-state index contributed by atoms with van der Waals surface area (Å²) < 4.78 is 15.7. The second-order valence-corrected chi connectivity index (χ2v) is 4.94. The first-order valence-electron chi connectivity index (χ1n) is 6.48. The molecule has 0 aliphatic rings. The smallest absolute Gasteiger partial charge is 0.102 e. The molecule has 0 radical (unpaired) electrons. The van der Waals surface area contributed by atoms with Crippen molar-refractivity contribution in [3.05, 3.63) is 0 Å². The lowest BCUT2D eigenvalue weighted by Crippen LogP contribution is -2.37. The predicted octanol–water partition coefficient (Wildman–Crippen LogP) is -0.481. The number of nitrogens with zero attached hydrogens (tertiary/aromatic N) is 1. The number of carboxylic acids is 1. The third kappa shape index (κ3) is 26.8. The van der Waals surface area contributed by atoms with Crippen LogP contribution in [0, 0.1) is 0 Å². The molecule has 0 bridgehead atoms. The van der Waals surface area contributed by atoms with Crippen molar-refractivity contribution >= 4 is 5.97 Å². The summed E-state index contributed by atoms with van der Waals surface area (Å²) in [6.45, 7) is 5.64. The van der Waals surface area contributed by atoms with Crippen LogP contribution in [0.3, 0.4) is 0 Å². The summed E-state index contributed by atoms with van der Waals surface area (Å²) in [6, 6.07) is 0. The molecule has 0 saturated heterocycles. The van der Waals surface area contributed by atoms with Gasteiger partial charge in [-0.15, -0.1) is 0 Å². The van der Waals surface area contributed by atoms with Gasteiger partial charge in [0.2, 0.25) is 0 Å². The minimum atomic E-state index is -1.08. The van der Waals surface area contributed by atoms with E-state index < -0.39 is 5.97 Å². The molecule has 116 valence electrons. The van der Waals surface area contributed by atoms with Gasteiger partial charge in [-0.25, -0.2) is 0 Å². The number of quaternary nitrogens is 1. The van der Waals surface area contributed by atoms with E-state index in [1.165, 1.54) is 0 Å². The molecule has 19 heavy (non-hydrogen) atoms. The zero-order valence-electron chi connectivity index (χ0n) is 12.9. The van der Waals surface area contributed by atoms with Crippen LogP contribution in [0.1, 0.15) is 13.3 Å². The fourth-order valence-electron chi connectivity index (χ4n) is 0.885. The third-order valence-electron chi connectivity index (χ3n) is 1.99. The van der Waals surface area contributed by atoms with Crippen LogP contribution in [-0.2, 0) is 19.0 Å². The number of carbonyl (C=O) groups excluding carboxylic acids is 1. The molecular formula is C13H29NO5. The summed E-state index contributed by atoms with van der Waals surface area (Å²) in [5.41, 5.74) is 0. The number of rotatable bonds is 10. The summed E-state index contributed by atoms with van der Waals surface area (Å²) in [7, 11) is 8.19. The Labute approximate surface area is 116 Å². The molecule has 0 aliphatic carbocycles. The molecule has 0 spiro atoms. The Morgan fingerprint density at radius 2 is 1.63 bits per heavy atom. The summed E-state index contributed by atoms with van der Waals surface area (Å²) >= 11 is 0. The van der Waals surface area contributed by atoms with Crippen LogP contribution >= 0.6 is 0 Å². The third-order valence-corrected chi connectivity index (χ3v) is 1.99. The number of aliphatic carboxylic acids is 1. The van der Waals surface area contributed by atoms with Crippen molar-refractivity contribution in [1.29, 1.82) is 0 Å². The summed E-state index contributed by atoms with van der Waals surface area (Å²) in [5.74, 6) is -1.08. The van der Waals surface area contributed by atoms with Crippen molar-refractivity contribution in [2.24, 2.45) is 0 Å². The molecule has 6 heteroatoms. The number of methoxy groups -OCH3 is 1. The average molecular weight is 279 g/mol. The quantitative estimate of drug-likeness (QED) is 0.399. The lowest BCUT2D eigenvalue weighted by Gasteiger charge is -2.22. The number of carbonyl (C=O) groups is 1. The van der Waals surface area contributed by atoms with Gasteiger partial charge in [0.25, 0.3) is 0 Å². The van der Waals surface area contributed by atoms with Crippen molar-refractivity contribution in [3.63, 3.8) is 0 Å². The van der Waals surface area contributed by atoms with E-state index in [2.05, 4.69) is 21.1 Å². The molecule has 0 fully saturated rings. The van der Waals surface area contributed by atoms with Crippen molar-refractivity contribution in [3.8, 4) is 0 Å². The van der Waals surface area contributed by atoms with Gasteiger partial charge < -0.3 is 28.6 Å². The maximum atomic E-state index is 9.87. The highest BCUT2D eigenvalue weighted by atomic mass is 16.5. The standard InChI is InChI=1S/C7H14O4.C6H16NO/c1-2-10-5-6-11-4-3-7(8)9;1-7(2,3)5-6-8-4/h2-6H2,1H3,(H,8,9);5-6H2,1-4H3/q;+1/p-1. The van der Waals surface area contributed by atoms with Crippen molar-refractivity contribution in [2.45, 2.75) is 13.3 Å². The molecule has 0 atom stereocenters. The zero-order valence-corrected chi connectivity index (χ0v) is 12.9. The average Bonchev–Trinajstić information content (AvgIpc) is 2.30. The van der Waals surface area contributed by atoms with Crippen molar-refractivity contribution < 1.29 is 28.6 Å². The highest BCUT2D eigenvalue weighted by molar-refractivity contribution is 5.64. The first-order chi connectivity index (χ1) is 8.83. The maximum Gasteiger partial charge on any atom is 0.102 e. The molecule has 0 aromatic rings. The number of ether oxygens (including phenoxy) is 3. The molecule has 0 rings (SSSR count). The molecular weight excluding hydrogens is 250 g/mol. The second kappa shape index (κ2) is 13.7. The van der Waals surface area contributed by atoms with Crippen LogP contribution in [0.5, 0.6) is 0 Å². The van der Waals surface area contributed by atoms with E-state index in [4.69, 9.17) is 14.2 Å². The fraction of sp³-hybridized carbons (Fsp3) is 0.923. The Kier molecular flexibility index (Phi) is 14.9. The largest absolute Gasteiger partial charge is 0.550 e. The Hall–Kier alpha value is -0.690. The fourth-order valence-corrected chi connectivity index (χ4v) is 0.885. The number of likely N-dealkylation sites (N-methyl/N-ethyl adjacent to an activating group) is 1. The molecule has 0 aromatic carbocycles. The van der Waals surface area contributed by atoms with Crippen LogP contribution in [0.25, 0.3) is 0 Å². The van der Waals surface area contributed by atoms with Crippen molar-refractivity contribution in [2.75, 3.05) is 67.8 Å².